The average molecular weight is 213 g/mol. The van der Waals surface area contributed by atoms with Gasteiger partial charge in [-0.1, -0.05) is 52.3 Å². The normalized spacial score (nSPS) is 14.6. The first-order valence-corrected chi connectivity index (χ1v) is 7.98. The van der Waals surface area contributed by atoms with Crippen LogP contribution in [0.3, 0.4) is 0 Å². The Bertz CT molecular complexity index is 158. The lowest BCUT2D eigenvalue weighted by molar-refractivity contribution is 0.725. The maximum absolute atomic E-state index is 3.28. The second-order valence-corrected chi connectivity index (χ2v) is 8.94. The SMILES string of the molecule is CCCC[SiH](C=CNCC)C(C)(C)C. The van der Waals surface area contributed by atoms with Gasteiger partial charge in [-0.15, -0.1) is 0 Å². The molecule has 0 saturated heterocycles. The van der Waals surface area contributed by atoms with Gasteiger partial charge >= 0.3 is 0 Å². The molecule has 0 heterocycles. The van der Waals surface area contributed by atoms with Gasteiger partial charge in [0.05, 0.1) is 8.80 Å². The molecule has 0 aliphatic heterocycles. The summed E-state index contributed by atoms with van der Waals surface area (Å²) in [7, 11) is -0.714. The quantitative estimate of drug-likeness (QED) is 0.666. The van der Waals surface area contributed by atoms with Gasteiger partial charge in [-0.05, 0) is 18.2 Å². The predicted octanol–water partition coefficient (Wildman–Crippen LogP) is 3.48. The van der Waals surface area contributed by atoms with E-state index in [-0.39, 0.29) is 0 Å². The summed E-state index contributed by atoms with van der Waals surface area (Å²) in [5.74, 6) is 0. The summed E-state index contributed by atoms with van der Waals surface area (Å²) >= 11 is 0. The molecule has 0 aromatic rings. The van der Waals surface area contributed by atoms with E-state index in [2.05, 4.69) is 51.8 Å². The molecule has 84 valence electrons. The fraction of sp³-hybridized carbons (Fsp3) is 0.833. The number of hydrogen-bond donors (Lipinski definition) is 1. The first kappa shape index (κ1) is 13.8. The Kier molecular flexibility index (Phi) is 6.98. The van der Waals surface area contributed by atoms with Crippen LogP contribution in [0.1, 0.15) is 47.5 Å². The lowest BCUT2D eigenvalue weighted by atomic mass is 10.2. The third-order valence-electron chi connectivity index (χ3n) is 2.63. The first-order valence-electron chi connectivity index (χ1n) is 5.92. The number of unbranched alkanes of at least 4 members (excludes halogenated alkanes) is 1. The highest BCUT2D eigenvalue weighted by Gasteiger charge is 2.22. The van der Waals surface area contributed by atoms with Crippen molar-refractivity contribution in [3.63, 3.8) is 0 Å². The van der Waals surface area contributed by atoms with Crippen LogP contribution >= 0.6 is 0 Å². The Labute approximate surface area is 91.6 Å². The van der Waals surface area contributed by atoms with Gasteiger partial charge in [0.1, 0.15) is 0 Å². The van der Waals surface area contributed by atoms with E-state index in [0.717, 1.165) is 6.54 Å². The molecule has 14 heavy (non-hydrogen) atoms. The molecular formula is C12H27NSi. The minimum absolute atomic E-state index is 0.529. The highest BCUT2D eigenvalue weighted by Crippen LogP contribution is 2.30. The highest BCUT2D eigenvalue weighted by molar-refractivity contribution is 6.67. The van der Waals surface area contributed by atoms with Gasteiger partial charge in [0.15, 0.2) is 0 Å². The number of hydrogen-bond acceptors (Lipinski definition) is 1. The van der Waals surface area contributed by atoms with E-state index in [1.807, 2.05) is 0 Å². The molecule has 0 spiro atoms. The van der Waals surface area contributed by atoms with Gasteiger partial charge in [-0.3, -0.25) is 0 Å². The average Bonchev–Trinajstić information content (AvgIpc) is 2.09. The Morgan fingerprint density at radius 1 is 1.21 bits per heavy atom. The van der Waals surface area contributed by atoms with Crippen LogP contribution < -0.4 is 5.32 Å². The summed E-state index contributed by atoms with van der Waals surface area (Å²) in [6, 6.07) is 1.45. The fourth-order valence-corrected chi connectivity index (χ4v) is 4.40. The van der Waals surface area contributed by atoms with Crippen LogP contribution in [0.4, 0.5) is 0 Å². The van der Waals surface area contributed by atoms with Gasteiger partial charge in [0.2, 0.25) is 0 Å². The minimum atomic E-state index is -0.714. The molecule has 1 nitrogen and oxygen atoms in total. The minimum Gasteiger partial charge on any atom is -0.392 e. The molecule has 0 aromatic carbocycles. The van der Waals surface area contributed by atoms with Gasteiger partial charge in [-0.25, -0.2) is 0 Å². The van der Waals surface area contributed by atoms with Crippen molar-refractivity contribution in [2.75, 3.05) is 6.54 Å². The molecule has 0 aromatic heterocycles. The van der Waals surface area contributed by atoms with E-state index < -0.39 is 8.80 Å². The monoisotopic (exact) mass is 213 g/mol. The van der Waals surface area contributed by atoms with Crippen LogP contribution in [0.2, 0.25) is 11.1 Å². The van der Waals surface area contributed by atoms with Gasteiger partial charge in [-0.2, -0.15) is 0 Å². The molecule has 0 rings (SSSR count). The van der Waals surface area contributed by atoms with E-state index in [4.69, 9.17) is 0 Å². The summed E-state index contributed by atoms with van der Waals surface area (Å²) in [5, 5.41) is 3.81. The van der Waals surface area contributed by atoms with Crippen molar-refractivity contribution in [1.29, 1.82) is 0 Å². The third kappa shape index (κ3) is 6.25. The zero-order valence-corrected chi connectivity index (χ0v) is 11.7. The van der Waals surface area contributed by atoms with Crippen LogP contribution in [-0.4, -0.2) is 15.3 Å². The molecule has 0 bridgehead atoms. The van der Waals surface area contributed by atoms with Crippen molar-refractivity contribution in [3.8, 4) is 0 Å². The van der Waals surface area contributed by atoms with Crippen molar-refractivity contribution >= 4 is 8.80 Å². The van der Waals surface area contributed by atoms with E-state index in [9.17, 15) is 0 Å². The predicted molar refractivity (Wildman–Crippen MR) is 69.4 cm³/mol. The molecule has 0 aliphatic rings. The van der Waals surface area contributed by atoms with Crippen LogP contribution in [0, 0.1) is 0 Å². The Morgan fingerprint density at radius 3 is 2.29 bits per heavy atom. The summed E-state index contributed by atoms with van der Waals surface area (Å²) in [6.45, 7) is 12.6. The van der Waals surface area contributed by atoms with Crippen LogP contribution in [0.15, 0.2) is 11.9 Å². The van der Waals surface area contributed by atoms with E-state index in [1.165, 1.54) is 18.9 Å². The summed E-state index contributed by atoms with van der Waals surface area (Å²) in [5.41, 5.74) is 2.47. The van der Waals surface area contributed by atoms with Crippen molar-refractivity contribution in [2.45, 2.75) is 58.5 Å². The van der Waals surface area contributed by atoms with Gasteiger partial charge < -0.3 is 5.32 Å². The molecule has 0 radical (unpaired) electrons. The summed E-state index contributed by atoms with van der Waals surface area (Å²) in [6.07, 6.45) is 4.90. The lowest BCUT2D eigenvalue weighted by Crippen LogP contribution is -2.24. The van der Waals surface area contributed by atoms with Crippen LogP contribution in [0.5, 0.6) is 0 Å². The molecule has 1 unspecified atom stereocenters. The molecule has 2 heteroatoms. The summed E-state index contributed by atoms with van der Waals surface area (Å²) < 4.78 is 0. The standard InChI is InChI=1S/C12H27NSi/c1-6-8-10-14(12(3,4)5)11-9-13-7-2/h9,11,13-14H,6-8,10H2,1-5H3. The molecule has 0 fully saturated rings. The second kappa shape index (κ2) is 7.10. The van der Waals surface area contributed by atoms with Crippen LogP contribution in [-0.2, 0) is 0 Å². The largest absolute Gasteiger partial charge is 0.392 e. The number of rotatable bonds is 6. The maximum Gasteiger partial charge on any atom is 0.0686 e. The smallest absolute Gasteiger partial charge is 0.0686 e. The molecule has 1 N–H and O–H groups in total. The van der Waals surface area contributed by atoms with Crippen molar-refractivity contribution < 1.29 is 0 Å². The van der Waals surface area contributed by atoms with Gasteiger partial charge in [0.25, 0.3) is 0 Å². The van der Waals surface area contributed by atoms with Crippen molar-refractivity contribution in [2.24, 2.45) is 0 Å². The Morgan fingerprint density at radius 2 is 1.86 bits per heavy atom. The van der Waals surface area contributed by atoms with Crippen LogP contribution in [0.25, 0.3) is 0 Å². The summed E-state index contributed by atoms with van der Waals surface area (Å²) in [4.78, 5) is 0. The highest BCUT2D eigenvalue weighted by atomic mass is 28.3. The van der Waals surface area contributed by atoms with Crippen molar-refractivity contribution in [3.05, 3.63) is 11.9 Å². The molecule has 0 amide bonds. The lowest BCUT2D eigenvalue weighted by Gasteiger charge is -2.26. The van der Waals surface area contributed by atoms with Crippen molar-refractivity contribution in [1.82, 2.24) is 5.32 Å². The van der Waals surface area contributed by atoms with E-state index >= 15 is 0 Å². The van der Waals surface area contributed by atoms with E-state index in [0.29, 0.717) is 5.04 Å². The molecule has 1 atom stereocenters. The Balaban J connectivity index is 4.11. The topological polar surface area (TPSA) is 12.0 Å². The zero-order valence-electron chi connectivity index (χ0n) is 10.6. The third-order valence-corrected chi connectivity index (χ3v) is 6.54. The zero-order chi connectivity index (χ0) is 11.0. The fourth-order valence-electron chi connectivity index (χ4n) is 1.54. The Hall–Kier alpha value is -0.243. The van der Waals surface area contributed by atoms with E-state index in [1.54, 1.807) is 0 Å². The molecular weight excluding hydrogens is 186 g/mol. The number of nitrogens with one attached hydrogen (secondary N) is 1. The maximum atomic E-state index is 3.28. The molecule has 0 saturated carbocycles. The first-order chi connectivity index (χ1) is 6.52. The molecule has 0 aliphatic carbocycles. The second-order valence-electron chi connectivity index (χ2n) is 5.03. The van der Waals surface area contributed by atoms with Gasteiger partial charge in [0, 0.05) is 6.54 Å².